The number of hydrogen-bond donors (Lipinski definition) is 3. The van der Waals surface area contributed by atoms with E-state index in [-0.39, 0.29) is 24.6 Å². The molecule has 1 aliphatic heterocycles. The summed E-state index contributed by atoms with van der Waals surface area (Å²) in [5.41, 5.74) is 2.63. The van der Waals surface area contributed by atoms with Gasteiger partial charge in [-0.1, -0.05) is 41.9 Å². The van der Waals surface area contributed by atoms with Crippen LogP contribution in [0.3, 0.4) is 0 Å². The van der Waals surface area contributed by atoms with Crippen LogP contribution >= 0.6 is 11.6 Å². The van der Waals surface area contributed by atoms with Crippen molar-refractivity contribution in [2.24, 2.45) is 0 Å². The van der Waals surface area contributed by atoms with E-state index in [4.69, 9.17) is 21.1 Å². The number of aryl methyl sites for hydroxylation is 2. The molecular formula is C31H34ClN5O4. The van der Waals surface area contributed by atoms with Gasteiger partial charge >= 0.3 is 0 Å². The minimum absolute atomic E-state index is 0.106. The number of rotatable bonds is 11. The molecule has 1 amide bonds. The first-order valence-corrected chi connectivity index (χ1v) is 13.9. The van der Waals surface area contributed by atoms with Crippen molar-refractivity contribution in [3.05, 3.63) is 88.7 Å². The van der Waals surface area contributed by atoms with E-state index in [1.54, 1.807) is 12.1 Å². The van der Waals surface area contributed by atoms with Crippen LogP contribution in [0.15, 0.2) is 66.7 Å². The molecule has 1 unspecified atom stereocenters. The molecule has 214 valence electrons. The van der Waals surface area contributed by atoms with Crippen molar-refractivity contribution < 1.29 is 19.4 Å². The Labute approximate surface area is 244 Å². The first-order valence-electron chi connectivity index (χ1n) is 13.5. The number of β-amino-alcohol motifs (C(OH)–C–C–N with tert-alkyl or cyclic N) is 1. The fourth-order valence-electron chi connectivity index (χ4n) is 4.58. The molecule has 1 atom stereocenters. The number of aliphatic hydroxyl groups is 1. The zero-order chi connectivity index (χ0) is 29.0. The maximum absolute atomic E-state index is 12.0. The molecule has 0 radical (unpaired) electrons. The van der Waals surface area contributed by atoms with Crippen LogP contribution in [-0.2, 0) is 17.9 Å². The van der Waals surface area contributed by atoms with Crippen molar-refractivity contribution >= 4 is 23.2 Å². The molecule has 1 aliphatic rings. The maximum atomic E-state index is 12.0. The van der Waals surface area contributed by atoms with Crippen LogP contribution in [0.2, 0.25) is 5.02 Å². The molecule has 0 aliphatic carbocycles. The number of hydrogen-bond acceptors (Lipinski definition) is 7. The summed E-state index contributed by atoms with van der Waals surface area (Å²) in [5, 5.41) is 22.9. The third-order valence-electron chi connectivity index (χ3n) is 7.00. The van der Waals surface area contributed by atoms with Crippen LogP contribution in [0, 0.1) is 6.92 Å². The lowest BCUT2D eigenvalue weighted by Gasteiger charge is -2.29. The van der Waals surface area contributed by atoms with E-state index in [1.807, 2.05) is 66.2 Å². The number of anilines is 1. The van der Waals surface area contributed by atoms with Gasteiger partial charge in [-0.3, -0.25) is 4.79 Å². The average Bonchev–Trinajstić information content (AvgIpc) is 3.34. The molecule has 41 heavy (non-hydrogen) atoms. The van der Waals surface area contributed by atoms with Gasteiger partial charge in [-0.15, -0.1) is 0 Å². The van der Waals surface area contributed by atoms with Crippen molar-refractivity contribution in [2.45, 2.75) is 52.0 Å². The third kappa shape index (κ3) is 7.24. The molecular weight excluding hydrogens is 542 g/mol. The maximum Gasteiger partial charge on any atom is 0.262 e. The van der Waals surface area contributed by atoms with E-state index in [0.717, 1.165) is 23.4 Å². The number of nitrogens with zero attached hydrogens (tertiary/aromatic N) is 3. The standard InChI is InChI=1S/C31H34ClN5O4/c1-20-34-30(22-9-11-23(32)12-10-22)36-37(20)14-13-31(2,3)33-17-27(38)25-15-24(40-18-21-7-5-4-6-8-21)16-26-29(25)41-19-28(39)35-26/h4-12,15-16,27,33,38H,13-14,17-19H2,1-3H3,(H,35,39). The number of nitrogens with one attached hydrogen (secondary N) is 2. The largest absolute Gasteiger partial charge is 0.489 e. The molecule has 2 heterocycles. The summed E-state index contributed by atoms with van der Waals surface area (Å²) in [4.78, 5) is 16.6. The second kappa shape index (κ2) is 12.3. The fraction of sp³-hybridized carbons (Fsp3) is 0.323. The van der Waals surface area contributed by atoms with Crippen LogP contribution in [-0.4, -0.2) is 44.5 Å². The SMILES string of the molecule is Cc1nc(-c2ccc(Cl)cc2)nn1CCC(C)(C)NCC(O)c1cc(OCc2ccccc2)cc2c1OCC(=O)N2. The monoisotopic (exact) mass is 575 g/mol. The number of benzene rings is 3. The zero-order valence-electron chi connectivity index (χ0n) is 23.4. The Kier molecular flexibility index (Phi) is 8.58. The van der Waals surface area contributed by atoms with Crippen molar-refractivity contribution in [3.8, 4) is 22.9 Å². The molecule has 1 aromatic heterocycles. The number of carbonyl (C=O) groups excluding carboxylic acids is 1. The second-order valence-electron chi connectivity index (χ2n) is 10.7. The van der Waals surface area contributed by atoms with Gasteiger partial charge in [-0.2, -0.15) is 5.10 Å². The van der Waals surface area contributed by atoms with E-state index < -0.39 is 6.10 Å². The van der Waals surface area contributed by atoms with Gasteiger partial charge in [0.25, 0.3) is 5.91 Å². The van der Waals surface area contributed by atoms with Crippen LogP contribution in [0.4, 0.5) is 5.69 Å². The summed E-state index contributed by atoms with van der Waals surface area (Å²) in [5.74, 6) is 2.22. The lowest BCUT2D eigenvalue weighted by Crippen LogP contribution is -2.42. The van der Waals surface area contributed by atoms with Gasteiger partial charge in [0.2, 0.25) is 0 Å². The zero-order valence-corrected chi connectivity index (χ0v) is 24.1. The second-order valence-corrected chi connectivity index (χ2v) is 11.2. The Morgan fingerprint density at radius 2 is 1.93 bits per heavy atom. The molecule has 0 bridgehead atoms. The molecule has 5 rings (SSSR count). The van der Waals surface area contributed by atoms with E-state index in [0.29, 0.717) is 46.7 Å². The van der Waals surface area contributed by atoms with Crippen LogP contribution in [0.5, 0.6) is 11.5 Å². The van der Waals surface area contributed by atoms with Gasteiger partial charge in [-0.05, 0) is 63.1 Å². The van der Waals surface area contributed by atoms with Gasteiger partial charge in [0.15, 0.2) is 12.4 Å². The molecule has 0 saturated carbocycles. The summed E-state index contributed by atoms with van der Waals surface area (Å²) in [6, 6.07) is 20.8. The predicted octanol–water partition coefficient (Wildman–Crippen LogP) is 5.31. The van der Waals surface area contributed by atoms with Crippen molar-refractivity contribution in [2.75, 3.05) is 18.5 Å². The number of aromatic nitrogens is 3. The minimum Gasteiger partial charge on any atom is -0.489 e. The molecule has 10 heteroatoms. The normalized spacial score (nSPS) is 13.7. The average molecular weight is 576 g/mol. The predicted molar refractivity (Wildman–Crippen MR) is 158 cm³/mol. The number of ether oxygens (including phenoxy) is 2. The quantitative estimate of drug-likeness (QED) is 0.222. The van der Waals surface area contributed by atoms with Gasteiger partial charge in [-0.25, -0.2) is 9.67 Å². The fourth-order valence-corrected chi connectivity index (χ4v) is 4.71. The highest BCUT2D eigenvalue weighted by atomic mass is 35.5. The Bertz CT molecular complexity index is 1510. The molecule has 3 aromatic carbocycles. The highest BCUT2D eigenvalue weighted by Crippen LogP contribution is 2.39. The lowest BCUT2D eigenvalue weighted by molar-refractivity contribution is -0.118. The highest BCUT2D eigenvalue weighted by Gasteiger charge is 2.27. The van der Waals surface area contributed by atoms with Crippen molar-refractivity contribution in [1.29, 1.82) is 0 Å². The number of carbonyl (C=O) groups is 1. The molecule has 3 N–H and O–H groups in total. The molecule has 9 nitrogen and oxygen atoms in total. The van der Waals surface area contributed by atoms with Gasteiger partial charge in [0.05, 0.1) is 11.8 Å². The van der Waals surface area contributed by atoms with E-state index in [9.17, 15) is 9.90 Å². The smallest absolute Gasteiger partial charge is 0.262 e. The topological polar surface area (TPSA) is 111 Å². The number of aliphatic hydroxyl groups excluding tert-OH is 1. The number of halogens is 1. The summed E-state index contributed by atoms with van der Waals surface area (Å²) in [7, 11) is 0. The Morgan fingerprint density at radius 1 is 1.17 bits per heavy atom. The van der Waals surface area contributed by atoms with Gasteiger partial charge < -0.3 is 25.2 Å². The first-order chi connectivity index (χ1) is 19.7. The first kappa shape index (κ1) is 28.6. The summed E-state index contributed by atoms with van der Waals surface area (Å²) >= 11 is 6.01. The molecule has 0 spiro atoms. The molecule has 4 aromatic rings. The van der Waals surface area contributed by atoms with Crippen LogP contribution in [0.1, 0.15) is 43.3 Å². The van der Waals surface area contributed by atoms with Crippen LogP contribution in [0.25, 0.3) is 11.4 Å². The summed E-state index contributed by atoms with van der Waals surface area (Å²) in [6.45, 7) is 7.27. The minimum atomic E-state index is -0.900. The highest BCUT2D eigenvalue weighted by molar-refractivity contribution is 6.30. The Balaban J connectivity index is 1.24. The molecule has 0 saturated heterocycles. The van der Waals surface area contributed by atoms with Crippen LogP contribution < -0.4 is 20.1 Å². The number of fused-ring (bicyclic) bond motifs is 1. The Hall–Kier alpha value is -3.92. The van der Waals surface area contributed by atoms with Crippen molar-refractivity contribution in [3.63, 3.8) is 0 Å². The Morgan fingerprint density at radius 3 is 2.68 bits per heavy atom. The summed E-state index contributed by atoms with van der Waals surface area (Å²) in [6.07, 6.45) is -0.155. The lowest BCUT2D eigenvalue weighted by atomic mass is 9.99. The van der Waals surface area contributed by atoms with E-state index >= 15 is 0 Å². The molecule has 0 fully saturated rings. The van der Waals surface area contributed by atoms with Crippen molar-refractivity contribution in [1.82, 2.24) is 20.1 Å². The summed E-state index contributed by atoms with van der Waals surface area (Å²) < 4.78 is 13.6. The van der Waals surface area contributed by atoms with Gasteiger partial charge in [0, 0.05) is 40.8 Å². The van der Waals surface area contributed by atoms with E-state index in [1.165, 1.54) is 0 Å². The third-order valence-corrected chi connectivity index (χ3v) is 7.25. The van der Waals surface area contributed by atoms with E-state index in [2.05, 4.69) is 34.6 Å². The number of amides is 1. The van der Waals surface area contributed by atoms with Gasteiger partial charge in [0.1, 0.15) is 23.9 Å².